The number of guanidine groups is 1. The largest absolute Gasteiger partial charge is 0.383 e. The molecule has 28 heavy (non-hydrogen) atoms. The van der Waals surface area contributed by atoms with Crippen molar-refractivity contribution in [2.45, 2.75) is 19.2 Å². The van der Waals surface area contributed by atoms with Gasteiger partial charge in [0.1, 0.15) is 0 Å². The molecule has 2 N–H and O–H groups in total. The number of hydrogen-bond acceptors (Lipinski definition) is 5. The third-order valence-corrected chi connectivity index (χ3v) is 6.00. The van der Waals surface area contributed by atoms with Gasteiger partial charge in [0.05, 0.1) is 32.1 Å². The Morgan fingerprint density at radius 2 is 1.89 bits per heavy atom. The van der Waals surface area contributed by atoms with Gasteiger partial charge >= 0.3 is 0 Å². The minimum atomic E-state index is -3.37. The molecule has 0 unspecified atom stereocenters. The summed E-state index contributed by atoms with van der Waals surface area (Å²) in [6.45, 7) is 6.09. The van der Waals surface area contributed by atoms with Crippen LogP contribution in [0.25, 0.3) is 0 Å². The molecule has 1 aliphatic rings. The van der Waals surface area contributed by atoms with Gasteiger partial charge in [-0.1, -0.05) is 24.3 Å². The Morgan fingerprint density at radius 3 is 2.54 bits per heavy atom. The Balaban J connectivity index is 0.00000392. The topological polar surface area (TPSA) is 92.3 Å². The van der Waals surface area contributed by atoms with E-state index in [1.807, 2.05) is 31.2 Å². The molecule has 0 aliphatic carbocycles. The third kappa shape index (κ3) is 8.19. The predicted molar refractivity (Wildman–Crippen MR) is 122 cm³/mol. The van der Waals surface area contributed by atoms with Crippen molar-refractivity contribution in [1.82, 2.24) is 14.9 Å². The SMILES string of the molecule is CCNC(=NCc1ccccc1CS(=O)(=O)N1CCOCC1)NCCOC.I. The molecule has 8 nitrogen and oxygen atoms in total. The van der Waals surface area contributed by atoms with Crippen molar-refractivity contribution in [2.24, 2.45) is 4.99 Å². The minimum absolute atomic E-state index is 0. The molecule has 1 aliphatic heterocycles. The molecule has 0 bridgehead atoms. The van der Waals surface area contributed by atoms with Gasteiger partial charge in [0.2, 0.25) is 10.0 Å². The summed E-state index contributed by atoms with van der Waals surface area (Å²) in [6, 6.07) is 7.54. The molecular formula is C18H31IN4O4S. The molecule has 1 heterocycles. The lowest BCUT2D eigenvalue weighted by molar-refractivity contribution is 0.0729. The van der Waals surface area contributed by atoms with Crippen LogP contribution >= 0.6 is 24.0 Å². The molecular weight excluding hydrogens is 495 g/mol. The maximum atomic E-state index is 12.7. The van der Waals surface area contributed by atoms with E-state index in [-0.39, 0.29) is 29.7 Å². The number of morpholine rings is 1. The van der Waals surface area contributed by atoms with Gasteiger partial charge in [-0.05, 0) is 18.1 Å². The first kappa shape index (κ1) is 25.1. The fraction of sp³-hybridized carbons (Fsp3) is 0.611. The molecule has 0 atom stereocenters. The standard InChI is InChI=1S/C18H30N4O4S.HI/c1-3-19-18(20-8-11-25-2)21-14-16-6-4-5-7-17(16)15-27(23,24)22-9-12-26-13-10-22;/h4-7H,3,8-15H2,1-2H3,(H2,19,20,21);1H. The van der Waals surface area contributed by atoms with Crippen LogP contribution in [0.3, 0.4) is 0 Å². The third-order valence-electron chi connectivity index (χ3n) is 4.17. The van der Waals surface area contributed by atoms with Crippen LogP contribution in [-0.4, -0.2) is 71.8 Å². The molecule has 1 aromatic rings. The van der Waals surface area contributed by atoms with E-state index in [0.29, 0.717) is 52.0 Å². The molecule has 0 saturated carbocycles. The highest BCUT2D eigenvalue weighted by atomic mass is 127. The monoisotopic (exact) mass is 526 g/mol. The molecule has 160 valence electrons. The highest BCUT2D eigenvalue weighted by Crippen LogP contribution is 2.17. The lowest BCUT2D eigenvalue weighted by atomic mass is 10.1. The zero-order valence-electron chi connectivity index (χ0n) is 16.5. The van der Waals surface area contributed by atoms with E-state index in [1.165, 1.54) is 4.31 Å². The molecule has 10 heteroatoms. The highest BCUT2D eigenvalue weighted by molar-refractivity contribution is 14.0. The molecule has 0 amide bonds. The Labute approximate surface area is 185 Å². The summed E-state index contributed by atoms with van der Waals surface area (Å²) >= 11 is 0. The number of methoxy groups -OCH3 is 1. The van der Waals surface area contributed by atoms with Crippen molar-refractivity contribution in [3.8, 4) is 0 Å². The van der Waals surface area contributed by atoms with Crippen molar-refractivity contribution in [2.75, 3.05) is 53.1 Å². The second kappa shape index (κ2) is 13.3. The van der Waals surface area contributed by atoms with Crippen molar-refractivity contribution in [1.29, 1.82) is 0 Å². The van der Waals surface area contributed by atoms with Crippen LogP contribution in [0.15, 0.2) is 29.3 Å². The first-order valence-corrected chi connectivity index (χ1v) is 10.8. The molecule has 1 aromatic carbocycles. The van der Waals surface area contributed by atoms with Crippen molar-refractivity contribution < 1.29 is 17.9 Å². The highest BCUT2D eigenvalue weighted by Gasteiger charge is 2.25. The van der Waals surface area contributed by atoms with Crippen molar-refractivity contribution in [3.63, 3.8) is 0 Å². The lowest BCUT2D eigenvalue weighted by Gasteiger charge is -2.26. The van der Waals surface area contributed by atoms with Crippen LogP contribution in [0.4, 0.5) is 0 Å². The molecule has 0 spiro atoms. The Hall–Kier alpha value is -0.950. The lowest BCUT2D eigenvalue weighted by Crippen LogP contribution is -2.41. The summed E-state index contributed by atoms with van der Waals surface area (Å²) in [5.74, 6) is 0.659. The Morgan fingerprint density at radius 1 is 1.21 bits per heavy atom. The minimum Gasteiger partial charge on any atom is -0.383 e. The van der Waals surface area contributed by atoms with E-state index in [1.54, 1.807) is 7.11 Å². The quantitative estimate of drug-likeness (QED) is 0.217. The fourth-order valence-corrected chi connectivity index (χ4v) is 4.31. The number of nitrogens with one attached hydrogen (secondary N) is 2. The normalized spacial score (nSPS) is 15.7. The summed E-state index contributed by atoms with van der Waals surface area (Å²) in [5, 5.41) is 6.36. The number of nitrogens with zero attached hydrogens (tertiary/aromatic N) is 2. The van der Waals surface area contributed by atoms with Gasteiger partial charge in [0, 0.05) is 33.3 Å². The molecule has 0 aromatic heterocycles. The summed E-state index contributed by atoms with van der Waals surface area (Å²) in [7, 11) is -1.72. The first-order chi connectivity index (χ1) is 13.1. The van der Waals surface area contributed by atoms with E-state index in [4.69, 9.17) is 9.47 Å². The van der Waals surface area contributed by atoms with Gasteiger partial charge in [-0.2, -0.15) is 4.31 Å². The van der Waals surface area contributed by atoms with Crippen LogP contribution in [0.1, 0.15) is 18.1 Å². The van der Waals surface area contributed by atoms with Crippen LogP contribution in [0.5, 0.6) is 0 Å². The zero-order valence-corrected chi connectivity index (χ0v) is 19.7. The van der Waals surface area contributed by atoms with E-state index in [0.717, 1.165) is 17.7 Å². The summed E-state index contributed by atoms with van der Waals surface area (Å²) in [6.07, 6.45) is 0. The van der Waals surface area contributed by atoms with Crippen molar-refractivity contribution >= 4 is 40.0 Å². The number of rotatable bonds is 9. The van der Waals surface area contributed by atoms with Gasteiger partial charge in [0.15, 0.2) is 5.96 Å². The average molecular weight is 526 g/mol. The van der Waals surface area contributed by atoms with Crippen LogP contribution < -0.4 is 10.6 Å². The van der Waals surface area contributed by atoms with Gasteiger partial charge < -0.3 is 20.1 Å². The zero-order chi connectivity index (χ0) is 19.5. The van der Waals surface area contributed by atoms with E-state index >= 15 is 0 Å². The van der Waals surface area contributed by atoms with Gasteiger partial charge in [0.25, 0.3) is 0 Å². The van der Waals surface area contributed by atoms with E-state index in [9.17, 15) is 8.42 Å². The van der Waals surface area contributed by atoms with Gasteiger partial charge in [-0.3, -0.25) is 0 Å². The molecule has 2 rings (SSSR count). The Kier molecular flexibility index (Phi) is 11.9. The second-order valence-corrected chi connectivity index (χ2v) is 8.12. The van der Waals surface area contributed by atoms with E-state index in [2.05, 4.69) is 15.6 Å². The maximum Gasteiger partial charge on any atom is 0.218 e. The average Bonchev–Trinajstić information content (AvgIpc) is 2.68. The molecule has 1 saturated heterocycles. The number of ether oxygens (including phenoxy) is 2. The maximum absolute atomic E-state index is 12.7. The summed E-state index contributed by atoms with van der Waals surface area (Å²) < 4.78 is 37.2. The Bertz CT molecular complexity index is 709. The van der Waals surface area contributed by atoms with Crippen LogP contribution in [0.2, 0.25) is 0 Å². The number of benzene rings is 1. The first-order valence-electron chi connectivity index (χ1n) is 9.20. The molecule has 0 radical (unpaired) electrons. The van der Waals surface area contributed by atoms with Gasteiger partial charge in [-0.25, -0.2) is 13.4 Å². The number of halogens is 1. The fourth-order valence-electron chi connectivity index (χ4n) is 2.74. The summed E-state index contributed by atoms with van der Waals surface area (Å²) in [4.78, 5) is 4.57. The van der Waals surface area contributed by atoms with Crippen LogP contribution in [-0.2, 0) is 31.8 Å². The number of sulfonamides is 1. The van der Waals surface area contributed by atoms with E-state index < -0.39 is 10.0 Å². The van der Waals surface area contributed by atoms with Crippen molar-refractivity contribution in [3.05, 3.63) is 35.4 Å². The van der Waals surface area contributed by atoms with Crippen LogP contribution in [0, 0.1) is 0 Å². The summed E-state index contributed by atoms with van der Waals surface area (Å²) in [5.41, 5.74) is 1.68. The van der Waals surface area contributed by atoms with Gasteiger partial charge in [-0.15, -0.1) is 24.0 Å². The second-order valence-electron chi connectivity index (χ2n) is 6.15. The number of hydrogen-bond donors (Lipinski definition) is 2. The number of aliphatic imine (C=N–C) groups is 1. The predicted octanol–water partition coefficient (Wildman–Crippen LogP) is 1.17. The molecule has 1 fully saturated rings. The smallest absolute Gasteiger partial charge is 0.218 e.